The van der Waals surface area contributed by atoms with Gasteiger partial charge in [-0.1, -0.05) is 31.4 Å². The van der Waals surface area contributed by atoms with Gasteiger partial charge in [0, 0.05) is 5.92 Å². The first kappa shape index (κ1) is 20.8. The maximum Gasteiger partial charge on any atom is 0.282 e. The third kappa shape index (κ3) is 4.21. The summed E-state index contributed by atoms with van der Waals surface area (Å²) in [5.41, 5.74) is 1.30. The zero-order valence-electron chi connectivity index (χ0n) is 16.8. The summed E-state index contributed by atoms with van der Waals surface area (Å²) in [6.07, 6.45) is 7.19. The highest BCUT2D eigenvalue weighted by Gasteiger charge is 2.22. The summed E-state index contributed by atoms with van der Waals surface area (Å²) in [6, 6.07) is 11.0. The van der Waals surface area contributed by atoms with Gasteiger partial charge in [-0.2, -0.15) is 9.78 Å². The van der Waals surface area contributed by atoms with E-state index in [0.717, 1.165) is 37.1 Å². The Hall–Kier alpha value is -2.42. The molecule has 0 unspecified atom stereocenters. The lowest BCUT2D eigenvalue weighted by molar-refractivity contribution is 0.317. The van der Waals surface area contributed by atoms with Crippen molar-refractivity contribution < 1.29 is 9.84 Å². The molecular weight excluding hydrogens is 493 g/mol. The molecule has 1 saturated carbocycles. The van der Waals surface area contributed by atoms with Crippen LogP contribution in [0.25, 0.3) is 10.9 Å². The quantitative estimate of drug-likeness (QED) is 0.380. The number of aromatic hydroxyl groups is 1. The Kier molecular flexibility index (Phi) is 6.36. The highest BCUT2D eigenvalue weighted by atomic mass is 127. The summed E-state index contributed by atoms with van der Waals surface area (Å²) in [6.45, 7) is 2.31. The zero-order chi connectivity index (χ0) is 21.1. The van der Waals surface area contributed by atoms with E-state index in [1.807, 2.05) is 31.2 Å². The van der Waals surface area contributed by atoms with Crippen molar-refractivity contribution in [3.63, 3.8) is 0 Å². The number of aromatic nitrogens is 2. The van der Waals surface area contributed by atoms with Crippen LogP contribution in [-0.2, 0) is 0 Å². The molecule has 0 spiro atoms. The average molecular weight is 517 g/mol. The van der Waals surface area contributed by atoms with E-state index in [9.17, 15) is 9.90 Å². The molecule has 6 nitrogen and oxygen atoms in total. The molecule has 4 rings (SSSR count). The number of ether oxygens (including phenoxy) is 1. The van der Waals surface area contributed by atoms with Gasteiger partial charge in [0.1, 0.15) is 5.82 Å². The van der Waals surface area contributed by atoms with Gasteiger partial charge in [-0.15, -0.1) is 0 Å². The van der Waals surface area contributed by atoms with E-state index in [1.165, 1.54) is 11.1 Å². The summed E-state index contributed by atoms with van der Waals surface area (Å²) < 4.78 is 7.63. The minimum absolute atomic E-state index is 0.113. The Labute approximate surface area is 188 Å². The van der Waals surface area contributed by atoms with Crippen molar-refractivity contribution in [1.82, 2.24) is 9.66 Å². The standard InChI is InChI=1S/C23H24IN3O3/c1-2-30-20-13-15(12-18(24)21(20)28)14-25-27-22(16-8-4-3-5-9-16)26-19-11-7-6-10-17(19)23(27)29/h6-7,10-14,16,28H,2-5,8-9H2,1H3. The molecule has 0 aliphatic heterocycles. The van der Waals surface area contributed by atoms with Crippen LogP contribution < -0.4 is 10.3 Å². The van der Waals surface area contributed by atoms with Crippen molar-refractivity contribution in [2.45, 2.75) is 44.9 Å². The minimum Gasteiger partial charge on any atom is -0.504 e. The Morgan fingerprint density at radius 2 is 2.03 bits per heavy atom. The van der Waals surface area contributed by atoms with E-state index < -0.39 is 0 Å². The van der Waals surface area contributed by atoms with Gasteiger partial charge in [0.15, 0.2) is 11.5 Å². The minimum atomic E-state index is -0.157. The molecule has 1 aromatic heterocycles. The highest BCUT2D eigenvalue weighted by molar-refractivity contribution is 14.1. The monoisotopic (exact) mass is 517 g/mol. The van der Waals surface area contributed by atoms with Crippen molar-refractivity contribution in [3.8, 4) is 11.5 Å². The van der Waals surface area contributed by atoms with E-state index in [0.29, 0.717) is 26.8 Å². The third-order valence-electron chi connectivity index (χ3n) is 5.42. The van der Waals surface area contributed by atoms with Gasteiger partial charge in [-0.3, -0.25) is 4.79 Å². The zero-order valence-corrected chi connectivity index (χ0v) is 19.0. The predicted octanol–water partition coefficient (Wildman–Crippen LogP) is 5.04. The average Bonchev–Trinajstić information content (AvgIpc) is 2.77. The van der Waals surface area contributed by atoms with Crippen LogP contribution in [0.1, 0.15) is 56.3 Å². The molecule has 1 aliphatic carbocycles. The SMILES string of the molecule is CCOc1cc(C=Nn2c(C3CCCCC3)nc3ccccc3c2=O)cc(I)c1O. The second-order valence-corrected chi connectivity index (χ2v) is 8.63. The number of phenols is 1. The van der Waals surface area contributed by atoms with Crippen molar-refractivity contribution in [2.75, 3.05) is 6.61 Å². The van der Waals surface area contributed by atoms with Crippen LogP contribution in [0.15, 0.2) is 46.3 Å². The number of hydrogen-bond acceptors (Lipinski definition) is 5. The Morgan fingerprint density at radius 1 is 1.27 bits per heavy atom. The first-order valence-electron chi connectivity index (χ1n) is 10.3. The van der Waals surface area contributed by atoms with E-state index >= 15 is 0 Å². The molecule has 3 aromatic rings. The molecule has 1 fully saturated rings. The molecule has 2 aromatic carbocycles. The van der Waals surface area contributed by atoms with E-state index in [4.69, 9.17) is 9.72 Å². The van der Waals surface area contributed by atoms with E-state index in [2.05, 4.69) is 27.7 Å². The van der Waals surface area contributed by atoms with Crippen LogP contribution in [0.2, 0.25) is 0 Å². The highest BCUT2D eigenvalue weighted by Crippen LogP contribution is 2.33. The number of para-hydroxylation sites is 1. The number of rotatable bonds is 5. The molecule has 7 heteroatoms. The van der Waals surface area contributed by atoms with Gasteiger partial charge < -0.3 is 9.84 Å². The summed E-state index contributed by atoms with van der Waals surface area (Å²) in [5, 5.41) is 15.3. The fraction of sp³-hybridized carbons (Fsp3) is 0.348. The second-order valence-electron chi connectivity index (χ2n) is 7.47. The Morgan fingerprint density at radius 3 is 2.80 bits per heavy atom. The van der Waals surface area contributed by atoms with Crippen molar-refractivity contribution in [3.05, 3.63) is 61.7 Å². The van der Waals surface area contributed by atoms with Gasteiger partial charge in [0.05, 0.1) is 27.3 Å². The van der Waals surface area contributed by atoms with Gasteiger partial charge in [-0.25, -0.2) is 4.98 Å². The number of halogens is 1. The first-order valence-corrected chi connectivity index (χ1v) is 11.4. The molecule has 1 aliphatic rings. The molecule has 0 radical (unpaired) electrons. The summed E-state index contributed by atoms with van der Waals surface area (Å²) in [7, 11) is 0. The number of hydrogen-bond donors (Lipinski definition) is 1. The lowest BCUT2D eigenvalue weighted by Crippen LogP contribution is -2.25. The molecule has 30 heavy (non-hydrogen) atoms. The summed E-state index contributed by atoms with van der Waals surface area (Å²) in [4.78, 5) is 18.1. The predicted molar refractivity (Wildman–Crippen MR) is 127 cm³/mol. The largest absolute Gasteiger partial charge is 0.504 e. The normalized spacial score (nSPS) is 15.1. The fourth-order valence-electron chi connectivity index (χ4n) is 3.94. The van der Waals surface area contributed by atoms with Gasteiger partial charge >= 0.3 is 0 Å². The fourth-order valence-corrected chi connectivity index (χ4v) is 4.56. The molecule has 1 N–H and O–H groups in total. The molecule has 0 amide bonds. The lowest BCUT2D eigenvalue weighted by atomic mass is 9.88. The number of phenolic OH excluding ortho intramolecular Hbond substituents is 1. The molecule has 1 heterocycles. The van der Waals surface area contributed by atoms with E-state index in [1.54, 1.807) is 18.3 Å². The first-order chi connectivity index (χ1) is 14.6. The Bertz CT molecular complexity index is 1150. The topological polar surface area (TPSA) is 76.7 Å². The Balaban J connectivity index is 1.81. The summed E-state index contributed by atoms with van der Waals surface area (Å²) >= 11 is 2.06. The van der Waals surface area contributed by atoms with Crippen LogP contribution in [0, 0.1) is 3.57 Å². The van der Waals surface area contributed by atoms with Gasteiger partial charge in [0.2, 0.25) is 0 Å². The van der Waals surface area contributed by atoms with E-state index in [-0.39, 0.29) is 17.2 Å². The van der Waals surface area contributed by atoms with Crippen molar-refractivity contribution >= 4 is 39.7 Å². The van der Waals surface area contributed by atoms with Crippen molar-refractivity contribution in [1.29, 1.82) is 0 Å². The van der Waals surface area contributed by atoms with Crippen LogP contribution in [0.5, 0.6) is 11.5 Å². The molecule has 156 valence electrons. The summed E-state index contributed by atoms with van der Waals surface area (Å²) in [5.74, 6) is 1.48. The smallest absolute Gasteiger partial charge is 0.282 e. The third-order valence-corrected chi connectivity index (χ3v) is 6.24. The van der Waals surface area contributed by atoms with Crippen LogP contribution in [0.3, 0.4) is 0 Å². The van der Waals surface area contributed by atoms with Crippen molar-refractivity contribution in [2.24, 2.45) is 5.10 Å². The maximum atomic E-state index is 13.2. The van der Waals surface area contributed by atoms with Crippen LogP contribution >= 0.6 is 22.6 Å². The number of benzene rings is 2. The van der Waals surface area contributed by atoms with Crippen LogP contribution in [0.4, 0.5) is 0 Å². The molecule has 0 saturated heterocycles. The molecule has 0 atom stereocenters. The lowest BCUT2D eigenvalue weighted by Gasteiger charge is -2.22. The second kappa shape index (κ2) is 9.16. The maximum absolute atomic E-state index is 13.2. The number of fused-ring (bicyclic) bond motifs is 1. The number of nitrogens with zero attached hydrogens (tertiary/aromatic N) is 3. The van der Waals surface area contributed by atoms with Gasteiger partial charge in [0.25, 0.3) is 5.56 Å². The van der Waals surface area contributed by atoms with Gasteiger partial charge in [-0.05, 0) is 72.2 Å². The molecule has 0 bridgehead atoms. The molecular formula is C23H24IN3O3. The van der Waals surface area contributed by atoms with Crippen LogP contribution in [-0.4, -0.2) is 27.6 Å².